The van der Waals surface area contributed by atoms with E-state index in [1.807, 2.05) is 0 Å². The normalized spacial score (nSPS) is 17.3. The SMILES string of the molecule is CCCCN(CCCC)CCCNC(=O)c1coc(C2CCCN2)n1. The summed E-state index contributed by atoms with van der Waals surface area (Å²) >= 11 is 0. The van der Waals surface area contributed by atoms with Crippen LogP contribution >= 0.6 is 0 Å². The molecule has 2 rings (SSSR count). The molecule has 1 aliphatic heterocycles. The third-order valence-corrected chi connectivity index (χ3v) is 4.71. The Morgan fingerprint density at radius 3 is 2.64 bits per heavy atom. The second kappa shape index (κ2) is 11.3. The highest BCUT2D eigenvalue weighted by Crippen LogP contribution is 2.22. The lowest BCUT2D eigenvalue weighted by Crippen LogP contribution is -2.31. The van der Waals surface area contributed by atoms with Crippen molar-refractivity contribution >= 4 is 5.91 Å². The molecule has 1 fully saturated rings. The summed E-state index contributed by atoms with van der Waals surface area (Å²) in [6.45, 7) is 9.48. The minimum atomic E-state index is -0.137. The Bertz CT molecular complexity index is 489. The molecule has 1 unspecified atom stereocenters. The second-order valence-electron chi connectivity index (χ2n) is 6.88. The fraction of sp³-hybridized carbons (Fsp3) is 0.789. The molecule has 25 heavy (non-hydrogen) atoms. The second-order valence-corrected chi connectivity index (χ2v) is 6.88. The first-order chi connectivity index (χ1) is 12.2. The van der Waals surface area contributed by atoms with Crippen LogP contribution in [0.15, 0.2) is 10.7 Å². The molecule has 0 spiro atoms. The predicted molar refractivity (Wildman–Crippen MR) is 99.7 cm³/mol. The van der Waals surface area contributed by atoms with E-state index in [-0.39, 0.29) is 11.9 Å². The van der Waals surface area contributed by atoms with Gasteiger partial charge in [-0.25, -0.2) is 4.98 Å². The van der Waals surface area contributed by atoms with Crippen LogP contribution in [0.4, 0.5) is 0 Å². The van der Waals surface area contributed by atoms with Crippen molar-refractivity contribution in [2.24, 2.45) is 0 Å². The van der Waals surface area contributed by atoms with Crippen molar-refractivity contribution in [3.63, 3.8) is 0 Å². The third-order valence-electron chi connectivity index (χ3n) is 4.71. The molecule has 2 N–H and O–H groups in total. The van der Waals surface area contributed by atoms with Crippen molar-refractivity contribution in [2.45, 2.75) is 64.8 Å². The summed E-state index contributed by atoms with van der Waals surface area (Å²) in [5.41, 5.74) is 0.387. The van der Waals surface area contributed by atoms with Crippen LogP contribution in [0, 0.1) is 0 Å². The zero-order valence-electron chi connectivity index (χ0n) is 15.9. The number of aromatic nitrogens is 1. The number of carbonyl (C=O) groups is 1. The number of nitrogens with zero attached hydrogens (tertiary/aromatic N) is 2. The quantitative estimate of drug-likeness (QED) is 0.567. The molecular formula is C19H34N4O2. The van der Waals surface area contributed by atoms with E-state index in [0.717, 1.165) is 45.4 Å². The van der Waals surface area contributed by atoms with Gasteiger partial charge in [0.1, 0.15) is 6.26 Å². The molecular weight excluding hydrogens is 316 g/mol. The number of oxazole rings is 1. The van der Waals surface area contributed by atoms with Gasteiger partial charge in [0.15, 0.2) is 5.69 Å². The Kier molecular flexibility index (Phi) is 8.97. The number of nitrogens with one attached hydrogen (secondary N) is 2. The standard InChI is InChI=1S/C19H34N4O2/c1-3-5-12-23(13-6-4-2)14-8-11-21-18(24)17-15-25-19(22-17)16-9-7-10-20-16/h15-16,20H,3-14H2,1-2H3,(H,21,24). The number of amides is 1. The van der Waals surface area contributed by atoms with E-state index in [2.05, 4.69) is 34.4 Å². The van der Waals surface area contributed by atoms with Crippen molar-refractivity contribution < 1.29 is 9.21 Å². The summed E-state index contributed by atoms with van der Waals surface area (Å²) in [5.74, 6) is 0.495. The molecule has 1 aromatic heterocycles. The molecule has 142 valence electrons. The molecule has 0 aliphatic carbocycles. The van der Waals surface area contributed by atoms with Crippen LogP contribution in [-0.2, 0) is 0 Å². The molecule has 6 nitrogen and oxygen atoms in total. The lowest BCUT2D eigenvalue weighted by molar-refractivity contribution is 0.0946. The number of rotatable bonds is 12. The van der Waals surface area contributed by atoms with Gasteiger partial charge in [-0.15, -0.1) is 0 Å². The average Bonchev–Trinajstić information content (AvgIpc) is 3.31. The predicted octanol–water partition coefficient (Wildman–Crippen LogP) is 3.12. The van der Waals surface area contributed by atoms with E-state index in [9.17, 15) is 4.79 Å². The van der Waals surface area contributed by atoms with Gasteiger partial charge in [0.2, 0.25) is 5.89 Å². The third kappa shape index (κ3) is 6.78. The minimum absolute atomic E-state index is 0.137. The summed E-state index contributed by atoms with van der Waals surface area (Å²) in [6.07, 6.45) is 9.52. The van der Waals surface area contributed by atoms with Crippen LogP contribution in [0.5, 0.6) is 0 Å². The topological polar surface area (TPSA) is 70.4 Å². The molecule has 0 bridgehead atoms. The lowest BCUT2D eigenvalue weighted by Gasteiger charge is -2.21. The summed E-state index contributed by atoms with van der Waals surface area (Å²) in [7, 11) is 0. The first-order valence-corrected chi connectivity index (χ1v) is 9.94. The maximum absolute atomic E-state index is 12.2. The Morgan fingerprint density at radius 2 is 2.00 bits per heavy atom. The van der Waals surface area contributed by atoms with Crippen molar-refractivity contribution in [1.29, 1.82) is 0 Å². The van der Waals surface area contributed by atoms with Crippen LogP contribution in [0.25, 0.3) is 0 Å². The molecule has 6 heteroatoms. The zero-order valence-corrected chi connectivity index (χ0v) is 15.9. The van der Waals surface area contributed by atoms with Crippen LogP contribution in [-0.4, -0.2) is 48.5 Å². The highest BCUT2D eigenvalue weighted by atomic mass is 16.3. The number of unbranched alkanes of at least 4 members (excludes halogenated alkanes) is 2. The van der Waals surface area contributed by atoms with Crippen molar-refractivity contribution in [3.8, 4) is 0 Å². The Hall–Kier alpha value is -1.40. The van der Waals surface area contributed by atoms with Gasteiger partial charge in [0.25, 0.3) is 5.91 Å². The monoisotopic (exact) mass is 350 g/mol. The van der Waals surface area contributed by atoms with Gasteiger partial charge in [0.05, 0.1) is 6.04 Å². The summed E-state index contributed by atoms with van der Waals surface area (Å²) in [6, 6.07) is 0.159. The smallest absolute Gasteiger partial charge is 0.273 e. The van der Waals surface area contributed by atoms with Crippen molar-refractivity contribution in [1.82, 2.24) is 20.5 Å². The molecule has 1 amide bonds. The highest BCUT2D eigenvalue weighted by Gasteiger charge is 2.22. The van der Waals surface area contributed by atoms with Crippen LogP contribution in [0.2, 0.25) is 0 Å². The molecule has 0 aromatic carbocycles. The first-order valence-electron chi connectivity index (χ1n) is 9.94. The molecule has 1 aromatic rings. The number of hydrogen-bond acceptors (Lipinski definition) is 5. The van der Waals surface area contributed by atoms with Gasteiger partial charge in [-0.3, -0.25) is 4.79 Å². The summed E-state index contributed by atoms with van der Waals surface area (Å²) in [5, 5.41) is 6.29. The highest BCUT2D eigenvalue weighted by molar-refractivity contribution is 5.91. The molecule has 2 heterocycles. The number of hydrogen-bond donors (Lipinski definition) is 2. The first kappa shape index (κ1) is 19.9. The van der Waals surface area contributed by atoms with Gasteiger partial charge in [-0.2, -0.15) is 0 Å². The maximum atomic E-state index is 12.2. The van der Waals surface area contributed by atoms with E-state index in [4.69, 9.17) is 4.42 Å². The van der Waals surface area contributed by atoms with E-state index >= 15 is 0 Å². The molecule has 0 saturated carbocycles. The zero-order chi connectivity index (χ0) is 17.9. The van der Waals surface area contributed by atoms with Gasteiger partial charge < -0.3 is 20.0 Å². The van der Waals surface area contributed by atoms with E-state index in [1.54, 1.807) is 0 Å². The van der Waals surface area contributed by atoms with E-state index in [1.165, 1.54) is 31.9 Å². The van der Waals surface area contributed by atoms with E-state index in [0.29, 0.717) is 18.1 Å². The summed E-state index contributed by atoms with van der Waals surface area (Å²) < 4.78 is 5.46. The maximum Gasteiger partial charge on any atom is 0.273 e. The van der Waals surface area contributed by atoms with Gasteiger partial charge in [0, 0.05) is 6.54 Å². The largest absolute Gasteiger partial charge is 0.446 e. The van der Waals surface area contributed by atoms with Crippen molar-refractivity contribution in [2.75, 3.05) is 32.7 Å². The average molecular weight is 351 g/mol. The molecule has 1 atom stereocenters. The van der Waals surface area contributed by atoms with Crippen LogP contribution in [0.3, 0.4) is 0 Å². The fourth-order valence-electron chi connectivity index (χ4n) is 3.14. The van der Waals surface area contributed by atoms with Crippen molar-refractivity contribution in [3.05, 3.63) is 17.8 Å². The van der Waals surface area contributed by atoms with Gasteiger partial charge >= 0.3 is 0 Å². The lowest BCUT2D eigenvalue weighted by atomic mass is 10.2. The van der Waals surface area contributed by atoms with Gasteiger partial charge in [-0.1, -0.05) is 26.7 Å². The van der Waals surface area contributed by atoms with Gasteiger partial charge in [-0.05, 0) is 58.3 Å². The minimum Gasteiger partial charge on any atom is -0.446 e. The van der Waals surface area contributed by atoms with Crippen LogP contribution in [0.1, 0.15) is 81.2 Å². The summed E-state index contributed by atoms with van der Waals surface area (Å²) in [4.78, 5) is 19.0. The molecule has 0 radical (unpaired) electrons. The Labute approximate surface area is 151 Å². The fourth-order valence-corrected chi connectivity index (χ4v) is 3.14. The number of carbonyl (C=O) groups excluding carboxylic acids is 1. The Balaban J connectivity index is 1.68. The van der Waals surface area contributed by atoms with Crippen LogP contribution < -0.4 is 10.6 Å². The molecule has 1 aliphatic rings. The van der Waals surface area contributed by atoms with E-state index < -0.39 is 0 Å². The Morgan fingerprint density at radius 1 is 1.28 bits per heavy atom. The molecule has 1 saturated heterocycles.